The number of aromatic nitrogens is 14. The highest BCUT2D eigenvalue weighted by molar-refractivity contribution is 7.57. The Morgan fingerprint density at radius 3 is 1.28 bits per heavy atom. The van der Waals surface area contributed by atoms with Crippen LogP contribution in [0.2, 0.25) is 0 Å². The monoisotopic (exact) mass is 1730 g/mol. The molecule has 12 rings (SSSR count). The van der Waals surface area contributed by atoms with E-state index < -0.39 is 159 Å². The van der Waals surface area contributed by atoms with Gasteiger partial charge in [-0.1, -0.05) is 21.3 Å². The maximum atomic E-state index is 16.3. The van der Waals surface area contributed by atoms with Crippen molar-refractivity contribution >= 4 is 72.2 Å². The molecule has 5 aliphatic rings. The van der Waals surface area contributed by atoms with E-state index in [2.05, 4.69) is 50.2 Å². The highest BCUT2D eigenvalue weighted by Gasteiger charge is 2.51. The fourth-order valence-electron chi connectivity index (χ4n) is 14.0. The second-order valence-corrected chi connectivity index (χ2v) is 43.2. The number of hydrogen-bond acceptors (Lipinski definition) is 30. The van der Waals surface area contributed by atoms with Gasteiger partial charge in [0.25, 0.3) is 24.2 Å². The van der Waals surface area contributed by atoms with Gasteiger partial charge in [-0.15, -0.1) is 0 Å². The molecule has 0 radical (unpaired) electrons. The minimum Gasteiger partial charge on any atom is -0.383 e. The number of rotatable bonds is 30. The molecule has 47 nitrogen and oxygen atoms in total. The summed E-state index contributed by atoms with van der Waals surface area (Å²) in [6.45, 7) is 4.65. The lowest BCUT2D eigenvalue weighted by atomic mass is 10.3. The van der Waals surface area contributed by atoms with Gasteiger partial charge in [0.15, 0.2) is 41.3 Å². The van der Waals surface area contributed by atoms with E-state index in [1.165, 1.54) is 137 Å². The predicted octanol–water partition coefficient (Wildman–Crippen LogP) is 1.25. The molecule has 0 saturated carbocycles. The van der Waals surface area contributed by atoms with Gasteiger partial charge in [0, 0.05) is 74.6 Å². The van der Waals surface area contributed by atoms with Crippen molar-refractivity contribution in [1.29, 1.82) is 0 Å². The molecule has 116 heavy (non-hydrogen) atoms. The summed E-state index contributed by atoms with van der Waals surface area (Å²) in [5.74, 6) is 0.347. The topological polar surface area (TPSA) is 523 Å². The Labute approximate surface area is 666 Å². The van der Waals surface area contributed by atoms with Crippen LogP contribution in [0, 0.1) is 20.8 Å². The lowest BCUT2D eigenvalue weighted by Crippen LogP contribution is -2.52. The van der Waals surface area contributed by atoms with Gasteiger partial charge in [-0.3, -0.25) is 70.0 Å². The van der Waals surface area contributed by atoms with E-state index in [1.54, 1.807) is 62.8 Å². The van der Waals surface area contributed by atoms with Gasteiger partial charge in [0.1, 0.15) is 35.9 Å². The maximum Gasteiger partial charge on any atom is 0.351 e. The SMILES string of the molecule is C.Cc1nc2c(ncn2[C@H]2CNC[C@@H](COP(=O)(N(C)C)N3C[C@@H](COP(=O)(N(C)C)N4C[C@@H](COP(=O)(N(C)C)N5C[C@@H](COP(=O)(N(C)C)N6C[C@@H](COP(=O)(C(C)C)N(C)C)O[C@@H](n7cc(C)c(=O)[nH]c7=O)C6)O[C@@H](n6ccc(N)nc6=O)C5)O[C@@H](n5cc(C)c(=O)[nH]c5=O)C4)O[C@@H](n4cnc5c(N)ncnc54)C3)O2)c(=O)[nH]1. The number of fused-ring (bicyclic) bond motifs is 2. The molecule has 5 saturated heterocycles. The van der Waals surface area contributed by atoms with Crippen LogP contribution >= 0.6 is 38.2 Å². The number of nitrogens with zero attached hydrogens (tertiary/aromatic N) is 20. The van der Waals surface area contributed by atoms with E-state index in [0.717, 1.165) is 13.7 Å². The van der Waals surface area contributed by atoms with Crippen LogP contribution in [0.5, 0.6) is 0 Å². The van der Waals surface area contributed by atoms with Crippen LogP contribution in [0.4, 0.5) is 11.6 Å². The fourth-order valence-corrected chi connectivity index (χ4v) is 23.8. The summed E-state index contributed by atoms with van der Waals surface area (Å²) >= 11 is 0. The van der Waals surface area contributed by atoms with Crippen molar-refractivity contribution in [2.75, 3.05) is 180 Å². The average molecular weight is 1730 g/mol. The third kappa shape index (κ3) is 18.7. The van der Waals surface area contributed by atoms with Crippen LogP contribution in [-0.2, 0) is 69.1 Å². The molecule has 12 heterocycles. The van der Waals surface area contributed by atoms with Crippen molar-refractivity contribution in [1.82, 2.24) is 115 Å². The van der Waals surface area contributed by atoms with Crippen LogP contribution in [-0.4, -0.2) is 315 Å². The first-order chi connectivity index (χ1) is 54.2. The largest absolute Gasteiger partial charge is 0.383 e. The van der Waals surface area contributed by atoms with Crippen molar-refractivity contribution in [2.24, 2.45) is 0 Å². The van der Waals surface area contributed by atoms with Crippen molar-refractivity contribution in [3.8, 4) is 0 Å². The Hall–Kier alpha value is -6.91. The lowest BCUT2D eigenvalue weighted by molar-refractivity contribution is -0.132. The molecule has 7 aromatic heterocycles. The molecule has 0 aromatic carbocycles. The number of H-pyrrole nitrogens is 3. The van der Waals surface area contributed by atoms with Gasteiger partial charge < -0.3 is 68.1 Å². The van der Waals surface area contributed by atoms with Gasteiger partial charge in [0.05, 0.1) is 102 Å². The molecular weight excluding hydrogens is 1620 g/mol. The molecule has 0 bridgehead atoms. The molecule has 5 aliphatic heterocycles. The molecule has 0 aliphatic carbocycles. The number of anilines is 2. The average Bonchev–Trinajstić information content (AvgIpc) is 1.33. The van der Waals surface area contributed by atoms with Gasteiger partial charge in [-0.2, -0.15) is 4.98 Å². The number of ether oxygens (including phenoxy) is 5. The summed E-state index contributed by atoms with van der Waals surface area (Å²) in [6, 6.07) is 1.36. The number of imidazole rings is 2. The van der Waals surface area contributed by atoms with Gasteiger partial charge in [-0.05, 0) is 97.3 Å². The van der Waals surface area contributed by atoms with Crippen LogP contribution in [0.15, 0.2) is 72.4 Å². The molecule has 642 valence electrons. The Morgan fingerprint density at radius 2 is 0.862 bits per heavy atom. The molecule has 5 fully saturated rings. The zero-order chi connectivity index (χ0) is 83.3. The van der Waals surface area contributed by atoms with Crippen molar-refractivity contribution in [3.05, 3.63) is 123 Å². The highest BCUT2D eigenvalue weighted by Crippen LogP contribution is 2.60. The molecule has 0 amide bonds. The number of hydrogen-bond donors (Lipinski definition) is 6. The quantitative estimate of drug-likeness (QED) is 0.0345. The Bertz CT molecular complexity index is 5310. The first-order valence-electron chi connectivity index (χ1n) is 36.7. The molecule has 0 spiro atoms. The third-order valence-electron chi connectivity index (χ3n) is 20.0. The second-order valence-electron chi connectivity index (χ2n) is 29.6. The van der Waals surface area contributed by atoms with Gasteiger partial charge in [0.2, 0.25) is 0 Å². The van der Waals surface area contributed by atoms with Crippen LogP contribution < -0.4 is 50.5 Å². The van der Waals surface area contributed by atoms with Crippen LogP contribution in [0.3, 0.4) is 0 Å². The minimum absolute atomic E-state index is 0. The summed E-state index contributed by atoms with van der Waals surface area (Å²) < 4.78 is 163. The van der Waals surface area contributed by atoms with Crippen molar-refractivity contribution < 1.29 is 69.1 Å². The summed E-state index contributed by atoms with van der Waals surface area (Å²) in [5.41, 5.74) is 8.74. The second kappa shape index (κ2) is 36.2. The van der Waals surface area contributed by atoms with Crippen molar-refractivity contribution in [3.63, 3.8) is 0 Å². The summed E-state index contributed by atoms with van der Waals surface area (Å²) in [6.07, 6.45) is -2.82. The predicted molar refractivity (Wildman–Crippen MR) is 424 cm³/mol. The molecule has 7 aromatic rings. The molecule has 8 N–H and O–H groups in total. The number of aryl methyl sites for hydroxylation is 3. The zero-order valence-corrected chi connectivity index (χ0v) is 70.9. The smallest absolute Gasteiger partial charge is 0.351 e. The van der Waals surface area contributed by atoms with E-state index in [-0.39, 0.29) is 119 Å². The third-order valence-corrected chi connectivity index (χ3v) is 33.1. The number of nitrogens with two attached hydrogens (primary N) is 2. The normalized spacial score (nSPS) is 25.9. The van der Waals surface area contributed by atoms with Gasteiger partial charge >= 0.3 is 47.8 Å². The number of aromatic amines is 3. The number of morpholine rings is 5. The zero-order valence-electron chi connectivity index (χ0n) is 66.4. The molecule has 52 heteroatoms. The molecule has 5 unspecified atom stereocenters. The van der Waals surface area contributed by atoms with Crippen molar-refractivity contribution in [2.45, 2.75) is 109 Å². The summed E-state index contributed by atoms with van der Waals surface area (Å²) in [5, 5.41) is 3.33. The first kappa shape index (κ1) is 89.9. The first-order valence-corrected chi connectivity index (χ1v) is 44.5. The molecule has 15 atom stereocenters. The standard InChI is InChI=1S/C63H101N26O21P5.CH4/c1-38(2)111(96,76(6)7)101-31-43-22-82(27-50(108-43)86-20-39(3)58(90)74-62(86)94)114(99,79(12)13)103-32-44-23-81(26-49(107-44)85-17-16-47(64)73-61(85)93)113(98,78(10)11)104-33-45-24-83(28-51(109-45)87-21-40(4)59(91)75-63(87)95)115(100,80(14)15)105-34-46-25-84(29-52(110-46)89-36-69-53-55(65)67-35-68-56(53)89)112(97,77(8)9)102-30-42-18-66-19-48(106-42)88-37-70-54-57(88)71-41(5)72-60(54)92;/h16-17,20-21,35-38,42-46,48-52,66H,18-19,22-34H2,1-15H3,(H2,64,73,93)(H2,65,67,68)(H,71,72,92)(H,74,90,94)(H,75,91,95);1H4/t42-,43-,44-,45-,46-,48+,49+,50+,51+,52+,111?,112?,113?,114?,115?;/m0./s1. The summed E-state index contributed by atoms with van der Waals surface area (Å²) in [7, 11) is -5.43. The van der Waals surface area contributed by atoms with E-state index in [1.807, 2.05) is 0 Å². The van der Waals surface area contributed by atoms with E-state index in [0.29, 0.717) is 18.0 Å². The number of nitrogen functional groups attached to an aromatic ring is 2. The van der Waals surface area contributed by atoms with E-state index in [4.69, 9.17) is 57.8 Å². The Kier molecular flexibility index (Phi) is 28.0. The lowest BCUT2D eigenvalue weighted by Gasteiger charge is -2.46. The molecular formula is C64H105N26O21P5. The van der Waals surface area contributed by atoms with Crippen LogP contribution in [0.25, 0.3) is 22.3 Å². The van der Waals surface area contributed by atoms with Crippen LogP contribution in [0.1, 0.15) is 69.4 Å². The maximum absolute atomic E-state index is 16.3. The van der Waals surface area contributed by atoms with E-state index >= 15 is 18.3 Å². The highest BCUT2D eigenvalue weighted by atomic mass is 31.2. The number of nitrogens with one attached hydrogen (secondary N) is 4. The minimum atomic E-state index is -4.46. The Morgan fingerprint density at radius 1 is 0.466 bits per heavy atom. The Balaban J connectivity index is 0.0000132. The fraction of sp³-hybridized carbons (Fsp3) is 0.656. The summed E-state index contributed by atoms with van der Waals surface area (Å²) in [4.78, 5) is 113. The van der Waals surface area contributed by atoms with E-state index in [9.17, 15) is 33.3 Å². The van der Waals surface area contributed by atoms with Gasteiger partial charge in [-0.25, -0.2) is 81.3 Å².